The fourth-order valence-corrected chi connectivity index (χ4v) is 2.48. The summed E-state index contributed by atoms with van der Waals surface area (Å²) in [5.74, 6) is 1.71. The molecule has 140 valence electrons. The first-order chi connectivity index (χ1) is 12.8. The number of rotatable bonds is 5. The van der Waals surface area contributed by atoms with Crippen molar-refractivity contribution in [3.63, 3.8) is 0 Å². The smallest absolute Gasteiger partial charge is 0.227 e. The van der Waals surface area contributed by atoms with E-state index in [9.17, 15) is 4.79 Å². The van der Waals surface area contributed by atoms with Gasteiger partial charge in [0.05, 0.1) is 5.69 Å². The molecule has 1 N–H and O–H groups in total. The van der Waals surface area contributed by atoms with E-state index in [4.69, 9.17) is 4.52 Å². The number of aryl methyl sites for hydroxylation is 2. The first kappa shape index (κ1) is 18.7. The molecule has 7 nitrogen and oxygen atoms in total. The highest BCUT2D eigenvalue weighted by molar-refractivity contribution is 5.91. The third kappa shape index (κ3) is 4.97. The van der Waals surface area contributed by atoms with E-state index in [1.165, 1.54) is 0 Å². The zero-order valence-corrected chi connectivity index (χ0v) is 16.0. The van der Waals surface area contributed by atoms with Crippen LogP contribution in [0.25, 0.3) is 11.3 Å². The Bertz CT molecular complexity index is 943. The van der Waals surface area contributed by atoms with E-state index < -0.39 is 0 Å². The largest absolute Gasteiger partial charge is 0.339 e. The first-order valence-electron chi connectivity index (χ1n) is 8.84. The number of hydrogen-bond acceptors (Lipinski definition) is 6. The summed E-state index contributed by atoms with van der Waals surface area (Å²) in [5.41, 5.74) is 2.28. The van der Waals surface area contributed by atoms with E-state index in [1.807, 2.05) is 58.0 Å². The summed E-state index contributed by atoms with van der Waals surface area (Å²) in [7, 11) is 0. The average Bonchev–Trinajstić information content (AvgIpc) is 3.10. The molecule has 2 heterocycles. The predicted molar refractivity (Wildman–Crippen MR) is 102 cm³/mol. The van der Waals surface area contributed by atoms with Crippen LogP contribution in [-0.2, 0) is 16.6 Å². The fourth-order valence-electron chi connectivity index (χ4n) is 2.48. The summed E-state index contributed by atoms with van der Waals surface area (Å²) in [5, 5.41) is 6.87. The number of benzene rings is 1. The molecule has 1 amide bonds. The predicted octanol–water partition coefficient (Wildman–Crippen LogP) is 3.70. The molecule has 0 unspecified atom stereocenters. The number of nitrogens with one attached hydrogen (secondary N) is 1. The molecule has 0 aliphatic rings. The van der Waals surface area contributed by atoms with Crippen LogP contribution in [0.3, 0.4) is 0 Å². The zero-order valence-electron chi connectivity index (χ0n) is 16.0. The monoisotopic (exact) mass is 365 g/mol. The maximum absolute atomic E-state index is 12.3. The van der Waals surface area contributed by atoms with Gasteiger partial charge in [-0.05, 0) is 25.1 Å². The summed E-state index contributed by atoms with van der Waals surface area (Å²) in [4.78, 5) is 25.1. The van der Waals surface area contributed by atoms with E-state index in [2.05, 4.69) is 25.4 Å². The van der Waals surface area contributed by atoms with E-state index in [-0.39, 0.29) is 17.7 Å². The van der Waals surface area contributed by atoms with Crippen molar-refractivity contribution in [3.8, 4) is 11.3 Å². The third-order valence-corrected chi connectivity index (χ3v) is 3.92. The van der Waals surface area contributed by atoms with E-state index in [0.717, 1.165) is 16.9 Å². The lowest BCUT2D eigenvalue weighted by Crippen LogP contribution is -2.14. The van der Waals surface area contributed by atoms with Gasteiger partial charge in [-0.3, -0.25) is 4.79 Å². The van der Waals surface area contributed by atoms with Gasteiger partial charge in [0, 0.05) is 35.7 Å². The minimum Gasteiger partial charge on any atom is -0.339 e. The fraction of sp³-hybridized carbons (Fsp3) is 0.350. The highest BCUT2D eigenvalue weighted by Gasteiger charge is 2.21. The second-order valence-corrected chi connectivity index (χ2v) is 7.38. The molecule has 3 rings (SSSR count). The SMILES string of the molecule is Cc1nccc(-c2cccc(NC(=O)CCc3nc(C(C)(C)C)no3)c2)n1. The molecule has 1 aromatic carbocycles. The number of aromatic nitrogens is 4. The van der Waals surface area contributed by atoms with Gasteiger partial charge in [-0.25, -0.2) is 9.97 Å². The first-order valence-corrected chi connectivity index (χ1v) is 8.84. The second kappa shape index (κ2) is 7.65. The second-order valence-electron chi connectivity index (χ2n) is 7.38. The summed E-state index contributed by atoms with van der Waals surface area (Å²) in [6, 6.07) is 9.42. The van der Waals surface area contributed by atoms with Crippen LogP contribution in [-0.4, -0.2) is 26.0 Å². The van der Waals surface area contributed by atoms with Crippen LogP contribution in [0, 0.1) is 6.92 Å². The minimum absolute atomic E-state index is 0.110. The lowest BCUT2D eigenvalue weighted by molar-refractivity contribution is -0.116. The number of carbonyl (C=O) groups excluding carboxylic acids is 1. The molecule has 0 bridgehead atoms. The van der Waals surface area contributed by atoms with E-state index in [1.54, 1.807) is 6.20 Å². The van der Waals surface area contributed by atoms with Crippen molar-refractivity contribution in [1.29, 1.82) is 0 Å². The molecule has 0 fully saturated rings. The van der Waals surface area contributed by atoms with Crippen LogP contribution >= 0.6 is 0 Å². The highest BCUT2D eigenvalue weighted by Crippen LogP contribution is 2.21. The Morgan fingerprint density at radius 3 is 2.70 bits per heavy atom. The maximum atomic E-state index is 12.3. The summed E-state index contributed by atoms with van der Waals surface area (Å²) >= 11 is 0. The highest BCUT2D eigenvalue weighted by atomic mass is 16.5. The van der Waals surface area contributed by atoms with Crippen LogP contribution in [0.2, 0.25) is 0 Å². The van der Waals surface area contributed by atoms with Gasteiger partial charge < -0.3 is 9.84 Å². The normalized spacial score (nSPS) is 11.4. The number of nitrogens with zero attached hydrogens (tertiary/aromatic N) is 4. The van der Waals surface area contributed by atoms with Crippen molar-refractivity contribution >= 4 is 11.6 Å². The Kier molecular flexibility index (Phi) is 5.30. The summed E-state index contributed by atoms with van der Waals surface area (Å²) < 4.78 is 5.22. The molecule has 0 atom stereocenters. The zero-order chi connectivity index (χ0) is 19.4. The molecule has 0 aliphatic heterocycles. The molecule has 27 heavy (non-hydrogen) atoms. The summed E-state index contributed by atoms with van der Waals surface area (Å²) in [6.45, 7) is 7.89. The van der Waals surface area contributed by atoms with Crippen LogP contribution < -0.4 is 5.32 Å². The third-order valence-electron chi connectivity index (χ3n) is 3.92. The Morgan fingerprint density at radius 1 is 1.19 bits per heavy atom. The van der Waals surface area contributed by atoms with Crippen LogP contribution in [0.4, 0.5) is 5.69 Å². The minimum atomic E-state index is -0.177. The maximum Gasteiger partial charge on any atom is 0.227 e. The Balaban J connectivity index is 1.61. The molecule has 3 aromatic rings. The number of amides is 1. The van der Waals surface area contributed by atoms with Crippen molar-refractivity contribution in [2.45, 2.75) is 46.0 Å². The van der Waals surface area contributed by atoms with Gasteiger partial charge in [-0.1, -0.05) is 38.1 Å². The molecular formula is C20H23N5O2. The molecule has 0 spiro atoms. The van der Waals surface area contributed by atoms with Gasteiger partial charge in [0.25, 0.3) is 0 Å². The molecule has 0 aliphatic carbocycles. The van der Waals surface area contributed by atoms with Crippen molar-refractivity contribution < 1.29 is 9.32 Å². The standard InChI is InChI=1S/C20H23N5O2/c1-13-21-11-10-16(22-13)14-6-5-7-15(12-14)23-17(26)8-9-18-24-19(25-27-18)20(2,3)4/h5-7,10-12H,8-9H2,1-4H3,(H,23,26). The lowest BCUT2D eigenvalue weighted by atomic mass is 9.96. The summed E-state index contributed by atoms with van der Waals surface area (Å²) in [6.07, 6.45) is 2.39. The van der Waals surface area contributed by atoms with Gasteiger partial charge in [0.2, 0.25) is 11.8 Å². The van der Waals surface area contributed by atoms with Gasteiger partial charge >= 0.3 is 0 Å². The number of hydrogen-bond donors (Lipinski definition) is 1. The molecule has 0 saturated carbocycles. The quantitative estimate of drug-likeness (QED) is 0.741. The molecule has 2 aromatic heterocycles. The van der Waals surface area contributed by atoms with Gasteiger partial charge in [0.1, 0.15) is 5.82 Å². The van der Waals surface area contributed by atoms with Gasteiger partial charge in [0.15, 0.2) is 5.82 Å². The Hall–Kier alpha value is -3.09. The van der Waals surface area contributed by atoms with Gasteiger partial charge in [-0.15, -0.1) is 0 Å². The molecule has 0 saturated heterocycles. The number of carbonyl (C=O) groups is 1. The van der Waals surface area contributed by atoms with Gasteiger partial charge in [-0.2, -0.15) is 4.98 Å². The Morgan fingerprint density at radius 2 is 2.00 bits per heavy atom. The topological polar surface area (TPSA) is 93.8 Å². The van der Waals surface area contributed by atoms with Crippen LogP contribution in [0.5, 0.6) is 0 Å². The molecular weight excluding hydrogens is 342 g/mol. The lowest BCUT2D eigenvalue weighted by Gasteiger charge is -2.10. The Labute approximate surface area is 158 Å². The van der Waals surface area contributed by atoms with Crippen LogP contribution in [0.15, 0.2) is 41.1 Å². The van der Waals surface area contributed by atoms with E-state index in [0.29, 0.717) is 24.0 Å². The number of anilines is 1. The molecule has 0 radical (unpaired) electrons. The van der Waals surface area contributed by atoms with Crippen molar-refractivity contribution in [3.05, 3.63) is 54.1 Å². The van der Waals surface area contributed by atoms with Crippen molar-refractivity contribution in [2.75, 3.05) is 5.32 Å². The van der Waals surface area contributed by atoms with Crippen molar-refractivity contribution in [2.24, 2.45) is 0 Å². The van der Waals surface area contributed by atoms with Crippen LogP contribution in [0.1, 0.15) is 44.7 Å². The average molecular weight is 365 g/mol. The van der Waals surface area contributed by atoms with E-state index >= 15 is 0 Å². The molecule has 7 heteroatoms. The van der Waals surface area contributed by atoms with Crippen molar-refractivity contribution in [1.82, 2.24) is 20.1 Å².